The molecule has 0 bridgehead atoms. The lowest BCUT2D eigenvalue weighted by Gasteiger charge is -2.11. The second-order valence-electron chi connectivity index (χ2n) is 4.83. The Morgan fingerprint density at radius 3 is 3.10 bits per heavy atom. The molecular formula is C14H21N5O. The smallest absolute Gasteiger partial charge is 0.236 e. The zero-order valence-corrected chi connectivity index (χ0v) is 11.7. The van der Waals surface area contributed by atoms with E-state index in [0.717, 1.165) is 30.7 Å². The van der Waals surface area contributed by atoms with Crippen LogP contribution in [0.2, 0.25) is 0 Å². The standard InChI is InChI=1S/C14H21N5O/c1-2-3-6-11(15)14(20)16-9-8-13-18-17-12-7-4-5-10-19(12)13/h4-5,7,10-11H,2-3,6,8-9,15H2,1H3,(H,16,20). The predicted octanol–water partition coefficient (Wildman–Crippen LogP) is 0.905. The summed E-state index contributed by atoms with van der Waals surface area (Å²) in [5.41, 5.74) is 6.62. The van der Waals surface area contributed by atoms with Crippen molar-refractivity contribution < 1.29 is 4.79 Å². The van der Waals surface area contributed by atoms with Gasteiger partial charge in [-0.25, -0.2) is 0 Å². The Morgan fingerprint density at radius 2 is 2.30 bits per heavy atom. The van der Waals surface area contributed by atoms with Crippen LogP contribution in [0.5, 0.6) is 0 Å². The van der Waals surface area contributed by atoms with Crippen molar-refractivity contribution >= 4 is 11.6 Å². The fourth-order valence-corrected chi connectivity index (χ4v) is 2.05. The van der Waals surface area contributed by atoms with E-state index < -0.39 is 6.04 Å². The third kappa shape index (κ3) is 3.54. The molecule has 0 spiro atoms. The van der Waals surface area contributed by atoms with E-state index in [9.17, 15) is 4.79 Å². The Hall–Kier alpha value is -1.95. The molecule has 2 aromatic heterocycles. The topological polar surface area (TPSA) is 85.3 Å². The molecule has 0 saturated heterocycles. The van der Waals surface area contributed by atoms with Gasteiger partial charge in [0, 0.05) is 19.2 Å². The highest BCUT2D eigenvalue weighted by Crippen LogP contribution is 2.03. The third-order valence-electron chi connectivity index (χ3n) is 3.24. The minimum absolute atomic E-state index is 0.0905. The maximum absolute atomic E-state index is 11.8. The summed E-state index contributed by atoms with van der Waals surface area (Å²) >= 11 is 0. The number of hydrogen-bond acceptors (Lipinski definition) is 4. The van der Waals surface area contributed by atoms with E-state index in [-0.39, 0.29) is 5.91 Å². The molecule has 1 amide bonds. The summed E-state index contributed by atoms with van der Waals surface area (Å²) < 4.78 is 1.92. The van der Waals surface area contributed by atoms with Crippen LogP contribution in [0.3, 0.4) is 0 Å². The minimum Gasteiger partial charge on any atom is -0.354 e. The lowest BCUT2D eigenvalue weighted by molar-refractivity contribution is -0.122. The summed E-state index contributed by atoms with van der Waals surface area (Å²) in [5, 5.41) is 11.0. The number of carbonyl (C=O) groups is 1. The van der Waals surface area contributed by atoms with E-state index in [1.54, 1.807) is 0 Å². The average molecular weight is 275 g/mol. The molecule has 6 nitrogen and oxygen atoms in total. The summed E-state index contributed by atoms with van der Waals surface area (Å²) in [6.07, 6.45) is 5.31. The van der Waals surface area contributed by atoms with Crippen molar-refractivity contribution in [3.63, 3.8) is 0 Å². The number of nitrogens with two attached hydrogens (primary N) is 1. The molecule has 2 aromatic rings. The van der Waals surface area contributed by atoms with Gasteiger partial charge in [-0.1, -0.05) is 25.8 Å². The van der Waals surface area contributed by atoms with Gasteiger partial charge in [-0.05, 0) is 18.6 Å². The van der Waals surface area contributed by atoms with Gasteiger partial charge in [0.2, 0.25) is 5.91 Å². The highest BCUT2D eigenvalue weighted by Gasteiger charge is 2.12. The van der Waals surface area contributed by atoms with E-state index in [4.69, 9.17) is 5.73 Å². The van der Waals surface area contributed by atoms with Gasteiger partial charge in [0.05, 0.1) is 6.04 Å². The molecule has 108 valence electrons. The first-order valence-electron chi connectivity index (χ1n) is 7.04. The van der Waals surface area contributed by atoms with Gasteiger partial charge in [0.15, 0.2) is 5.65 Å². The summed E-state index contributed by atoms with van der Waals surface area (Å²) in [6, 6.07) is 5.34. The van der Waals surface area contributed by atoms with Gasteiger partial charge >= 0.3 is 0 Å². The molecular weight excluding hydrogens is 254 g/mol. The number of rotatable bonds is 7. The fourth-order valence-electron chi connectivity index (χ4n) is 2.05. The van der Waals surface area contributed by atoms with Gasteiger partial charge in [-0.3, -0.25) is 9.20 Å². The number of pyridine rings is 1. The maximum atomic E-state index is 11.8. The van der Waals surface area contributed by atoms with Crippen LogP contribution in [0, 0.1) is 0 Å². The number of fused-ring (bicyclic) bond motifs is 1. The number of nitrogens with one attached hydrogen (secondary N) is 1. The van der Waals surface area contributed by atoms with Crippen LogP contribution in [0.4, 0.5) is 0 Å². The lowest BCUT2D eigenvalue weighted by Crippen LogP contribution is -2.41. The molecule has 0 aromatic carbocycles. The number of unbranched alkanes of at least 4 members (excludes halogenated alkanes) is 1. The van der Waals surface area contributed by atoms with Crippen LogP contribution in [-0.4, -0.2) is 33.1 Å². The molecule has 0 aliphatic heterocycles. The number of nitrogens with zero attached hydrogens (tertiary/aromatic N) is 3. The first kappa shape index (κ1) is 14.5. The second kappa shape index (κ2) is 7.00. The second-order valence-corrected chi connectivity index (χ2v) is 4.83. The van der Waals surface area contributed by atoms with Crippen LogP contribution in [0.1, 0.15) is 32.0 Å². The molecule has 6 heteroatoms. The molecule has 0 radical (unpaired) electrons. The summed E-state index contributed by atoms with van der Waals surface area (Å²) in [4.78, 5) is 11.8. The number of hydrogen-bond donors (Lipinski definition) is 2. The van der Waals surface area contributed by atoms with Crippen LogP contribution in [0.15, 0.2) is 24.4 Å². The molecule has 0 aliphatic carbocycles. The van der Waals surface area contributed by atoms with Crippen molar-refractivity contribution in [2.75, 3.05) is 6.54 Å². The number of carbonyl (C=O) groups excluding carboxylic acids is 1. The molecule has 0 fully saturated rings. The highest BCUT2D eigenvalue weighted by molar-refractivity contribution is 5.81. The summed E-state index contributed by atoms with van der Waals surface area (Å²) in [7, 11) is 0. The molecule has 0 saturated carbocycles. The molecule has 0 aliphatic rings. The van der Waals surface area contributed by atoms with Crippen molar-refractivity contribution in [3.05, 3.63) is 30.2 Å². The lowest BCUT2D eigenvalue weighted by atomic mass is 10.1. The van der Waals surface area contributed by atoms with Crippen LogP contribution in [0.25, 0.3) is 5.65 Å². The van der Waals surface area contributed by atoms with E-state index >= 15 is 0 Å². The van der Waals surface area contributed by atoms with Crippen molar-refractivity contribution in [1.82, 2.24) is 19.9 Å². The first-order valence-corrected chi connectivity index (χ1v) is 7.04. The van der Waals surface area contributed by atoms with Crippen molar-refractivity contribution in [1.29, 1.82) is 0 Å². The van der Waals surface area contributed by atoms with E-state index in [1.807, 2.05) is 28.8 Å². The normalized spacial score (nSPS) is 12.5. The Morgan fingerprint density at radius 1 is 1.45 bits per heavy atom. The van der Waals surface area contributed by atoms with Crippen molar-refractivity contribution in [2.45, 2.75) is 38.6 Å². The van der Waals surface area contributed by atoms with Gasteiger partial charge in [0.25, 0.3) is 0 Å². The van der Waals surface area contributed by atoms with E-state index in [1.165, 1.54) is 0 Å². The number of amides is 1. The summed E-state index contributed by atoms with van der Waals surface area (Å²) in [6.45, 7) is 2.61. The molecule has 1 atom stereocenters. The predicted molar refractivity (Wildman–Crippen MR) is 77.2 cm³/mol. The van der Waals surface area contributed by atoms with Crippen molar-refractivity contribution in [2.24, 2.45) is 5.73 Å². The molecule has 20 heavy (non-hydrogen) atoms. The molecule has 2 heterocycles. The highest BCUT2D eigenvalue weighted by atomic mass is 16.2. The quantitative estimate of drug-likeness (QED) is 0.786. The first-order chi connectivity index (χ1) is 9.72. The largest absolute Gasteiger partial charge is 0.354 e. The van der Waals surface area contributed by atoms with Gasteiger partial charge in [-0.2, -0.15) is 0 Å². The maximum Gasteiger partial charge on any atom is 0.236 e. The Bertz CT molecular complexity index is 565. The Balaban J connectivity index is 1.82. The zero-order chi connectivity index (χ0) is 14.4. The molecule has 1 unspecified atom stereocenters. The van der Waals surface area contributed by atoms with Crippen molar-refractivity contribution in [3.8, 4) is 0 Å². The summed E-state index contributed by atoms with van der Waals surface area (Å²) in [5.74, 6) is 0.746. The van der Waals surface area contributed by atoms with Gasteiger partial charge in [-0.15, -0.1) is 10.2 Å². The van der Waals surface area contributed by atoms with Gasteiger partial charge < -0.3 is 11.1 Å². The van der Waals surface area contributed by atoms with Crippen LogP contribution >= 0.6 is 0 Å². The average Bonchev–Trinajstić information content (AvgIpc) is 2.88. The van der Waals surface area contributed by atoms with E-state index in [0.29, 0.717) is 13.0 Å². The SMILES string of the molecule is CCCCC(N)C(=O)NCCc1nnc2ccccn12. The van der Waals surface area contributed by atoms with Gasteiger partial charge in [0.1, 0.15) is 5.82 Å². The third-order valence-corrected chi connectivity index (χ3v) is 3.24. The van der Waals surface area contributed by atoms with Crippen LogP contribution in [-0.2, 0) is 11.2 Å². The number of aromatic nitrogens is 3. The molecule has 3 N–H and O–H groups in total. The van der Waals surface area contributed by atoms with Crippen LogP contribution < -0.4 is 11.1 Å². The minimum atomic E-state index is -0.412. The Labute approximate surface area is 118 Å². The zero-order valence-electron chi connectivity index (χ0n) is 11.7. The monoisotopic (exact) mass is 275 g/mol. The molecule has 2 rings (SSSR count). The fraction of sp³-hybridized carbons (Fsp3) is 0.500. The Kier molecular flexibility index (Phi) is 5.06. The van der Waals surface area contributed by atoms with E-state index in [2.05, 4.69) is 22.4 Å².